The molecule has 7 heteroatoms. The van der Waals surface area contributed by atoms with Crippen LogP contribution in [0.25, 0.3) is 0 Å². The molecule has 2 aromatic rings. The maximum absolute atomic E-state index is 13.8. The monoisotopic (exact) mass is 393 g/mol. The summed E-state index contributed by atoms with van der Waals surface area (Å²) in [5.74, 6) is 1.78. The average Bonchev–Trinajstić information content (AvgIpc) is 2.68. The Morgan fingerprint density at radius 1 is 1.04 bits per heavy atom. The van der Waals surface area contributed by atoms with Crippen LogP contribution in [0, 0.1) is 5.82 Å². The number of rotatable bonds is 8. The van der Waals surface area contributed by atoms with Gasteiger partial charge in [0.2, 0.25) is 0 Å². The van der Waals surface area contributed by atoms with E-state index in [0.717, 1.165) is 12.0 Å². The molecule has 0 fully saturated rings. The van der Waals surface area contributed by atoms with Gasteiger partial charge in [-0.1, -0.05) is 23.7 Å². The molecule has 0 spiro atoms. The molecule has 0 aliphatic carbocycles. The number of hydrogen-bond donors (Lipinski definition) is 2. The van der Waals surface area contributed by atoms with Crippen molar-refractivity contribution in [3.63, 3.8) is 0 Å². The molecular weight excluding hydrogens is 369 g/mol. The summed E-state index contributed by atoms with van der Waals surface area (Å²) in [4.78, 5) is 4.18. The maximum Gasteiger partial charge on any atom is 0.190 e. The van der Waals surface area contributed by atoms with Gasteiger partial charge >= 0.3 is 0 Å². The minimum atomic E-state index is -0.291. The number of hydrogen-bond acceptors (Lipinski definition) is 3. The second-order valence-electron chi connectivity index (χ2n) is 5.82. The first-order valence-corrected chi connectivity index (χ1v) is 9.05. The first-order valence-electron chi connectivity index (χ1n) is 8.67. The first-order chi connectivity index (χ1) is 13.1. The minimum Gasteiger partial charge on any atom is -0.493 e. The topological polar surface area (TPSA) is 54.9 Å². The summed E-state index contributed by atoms with van der Waals surface area (Å²) in [5.41, 5.74) is 1.63. The molecule has 0 saturated heterocycles. The molecule has 0 bridgehead atoms. The summed E-state index contributed by atoms with van der Waals surface area (Å²) in [6.07, 6.45) is 1.27. The van der Waals surface area contributed by atoms with Crippen LogP contribution in [0.5, 0.6) is 11.5 Å². The van der Waals surface area contributed by atoms with E-state index in [1.165, 1.54) is 6.07 Å². The van der Waals surface area contributed by atoms with Gasteiger partial charge in [-0.15, -0.1) is 0 Å². The summed E-state index contributed by atoms with van der Waals surface area (Å²) < 4.78 is 24.3. The van der Waals surface area contributed by atoms with Crippen molar-refractivity contribution in [2.24, 2.45) is 4.99 Å². The highest BCUT2D eigenvalue weighted by molar-refractivity contribution is 6.31. The molecule has 0 amide bonds. The normalized spacial score (nSPS) is 11.2. The Kier molecular flexibility index (Phi) is 8.20. The van der Waals surface area contributed by atoms with Gasteiger partial charge in [0.05, 0.1) is 14.2 Å². The Hall–Kier alpha value is -2.47. The van der Waals surface area contributed by atoms with Crippen molar-refractivity contribution in [1.29, 1.82) is 0 Å². The molecule has 0 unspecified atom stereocenters. The van der Waals surface area contributed by atoms with E-state index in [0.29, 0.717) is 47.6 Å². The third-order valence-electron chi connectivity index (χ3n) is 4.11. The van der Waals surface area contributed by atoms with E-state index in [2.05, 4.69) is 15.6 Å². The zero-order chi connectivity index (χ0) is 19.6. The van der Waals surface area contributed by atoms with Crippen LogP contribution in [-0.2, 0) is 12.8 Å². The van der Waals surface area contributed by atoms with Crippen LogP contribution in [0.2, 0.25) is 5.02 Å². The lowest BCUT2D eigenvalue weighted by Crippen LogP contribution is -2.39. The molecule has 2 rings (SSSR count). The Morgan fingerprint density at radius 3 is 2.37 bits per heavy atom. The number of methoxy groups -OCH3 is 2. The molecule has 5 nitrogen and oxygen atoms in total. The third-order valence-corrected chi connectivity index (χ3v) is 4.46. The van der Waals surface area contributed by atoms with Crippen LogP contribution in [0.3, 0.4) is 0 Å². The maximum atomic E-state index is 13.8. The highest BCUT2D eigenvalue weighted by atomic mass is 35.5. The molecular formula is C20H25ClFN3O2. The SMILES string of the molecule is CN=C(NCCc1ccc(OC)c(OC)c1)NCCc1c(F)cccc1Cl. The van der Waals surface area contributed by atoms with Gasteiger partial charge < -0.3 is 20.1 Å². The number of ether oxygens (including phenoxy) is 2. The van der Waals surface area contributed by atoms with Gasteiger partial charge in [-0.3, -0.25) is 4.99 Å². The van der Waals surface area contributed by atoms with Gasteiger partial charge in [0.15, 0.2) is 17.5 Å². The molecule has 0 heterocycles. The van der Waals surface area contributed by atoms with Crippen LogP contribution in [0.4, 0.5) is 4.39 Å². The number of benzene rings is 2. The van der Waals surface area contributed by atoms with Gasteiger partial charge in [-0.05, 0) is 42.7 Å². The lowest BCUT2D eigenvalue weighted by Gasteiger charge is -2.13. The van der Waals surface area contributed by atoms with E-state index < -0.39 is 0 Å². The number of nitrogens with zero attached hydrogens (tertiary/aromatic N) is 1. The molecule has 2 aromatic carbocycles. The summed E-state index contributed by atoms with van der Waals surface area (Å²) in [6, 6.07) is 10.5. The second kappa shape index (κ2) is 10.6. The molecule has 0 aliphatic rings. The van der Waals surface area contributed by atoms with E-state index >= 15 is 0 Å². The standard InChI is InChI=1S/C20H25ClFN3O2/c1-23-20(25-12-10-15-16(21)5-4-6-17(15)22)24-11-9-14-7-8-18(26-2)19(13-14)27-3/h4-8,13H,9-12H2,1-3H3,(H2,23,24,25). The zero-order valence-corrected chi connectivity index (χ0v) is 16.6. The summed E-state index contributed by atoms with van der Waals surface area (Å²) >= 11 is 6.04. The fourth-order valence-corrected chi connectivity index (χ4v) is 2.92. The van der Waals surface area contributed by atoms with Gasteiger partial charge in [0.25, 0.3) is 0 Å². The highest BCUT2D eigenvalue weighted by Gasteiger charge is 2.07. The lowest BCUT2D eigenvalue weighted by molar-refractivity contribution is 0.354. The molecule has 27 heavy (non-hydrogen) atoms. The lowest BCUT2D eigenvalue weighted by atomic mass is 10.1. The summed E-state index contributed by atoms with van der Waals surface area (Å²) in [7, 11) is 4.93. The predicted molar refractivity (Wildman–Crippen MR) is 108 cm³/mol. The van der Waals surface area contributed by atoms with Crippen LogP contribution >= 0.6 is 11.6 Å². The fourth-order valence-electron chi connectivity index (χ4n) is 2.66. The number of aliphatic imine (C=N–C) groups is 1. The third kappa shape index (κ3) is 6.03. The first kappa shape index (κ1) is 20.8. The van der Waals surface area contributed by atoms with E-state index in [1.54, 1.807) is 33.4 Å². The van der Waals surface area contributed by atoms with E-state index in [9.17, 15) is 4.39 Å². The average molecular weight is 394 g/mol. The quantitative estimate of drug-likeness (QED) is 0.533. The van der Waals surface area contributed by atoms with Crippen molar-refractivity contribution in [3.8, 4) is 11.5 Å². The molecule has 0 atom stereocenters. The van der Waals surface area contributed by atoms with Crippen LogP contribution in [-0.4, -0.2) is 40.3 Å². The van der Waals surface area contributed by atoms with Gasteiger partial charge in [-0.2, -0.15) is 0 Å². The smallest absolute Gasteiger partial charge is 0.190 e. The molecule has 146 valence electrons. The van der Waals surface area contributed by atoms with E-state index in [1.807, 2.05) is 18.2 Å². The van der Waals surface area contributed by atoms with Gasteiger partial charge in [0, 0.05) is 30.7 Å². The number of halogens is 2. The van der Waals surface area contributed by atoms with Crippen LogP contribution in [0.1, 0.15) is 11.1 Å². The fraction of sp³-hybridized carbons (Fsp3) is 0.350. The Bertz CT molecular complexity index is 764. The summed E-state index contributed by atoms with van der Waals surface area (Å²) in [6.45, 7) is 1.21. The van der Waals surface area contributed by atoms with Crippen molar-refractivity contribution in [2.75, 3.05) is 34.4 Å². The predicted octanol–water partition coefficient (Wildman–Crippen LogP) is 3.45. The van der Waals surface area contributed by atoms with Crippen molar-refractivity contribution in [3.05, 3.63) is 58.4 Å². The van der Waals surface area contributed by atoms with Crippen molar-refractivity contribution in [2.45, 2.75) is 12.8 Å². The Balaban J connectivity index is 1.80. The van der Waals surface area contributed by atoms with Gasteiger partial charge in [-0.25, -0.2) is 4.39 Å². The Labute approximate surface area is 164 Å². The Morgan fingerprint density at radius 2 is 1.74 bits per heavy atom. The van der Waals surface area contributed by atoms with Crippen molar-refractivity contribution >= 4 is 17.6 Å². The molecule has 0 aromatic heterocycles. The highest BCUT2D eigenvalue weighted by Crippen LogP contribution is 2.27. The number of guanidine groups is 1. The van der Waals surface area contributed by atoms with E-state index in [-0.39, 0.29) is 5.82 Å². The minimum absolute atomic E-state index is 0.291. The zero-order valence-electron chi connectivity index (χ0n) is 15.8. The van der Waals surface area contributed by atoms with Crippen LogP contribution in [0.15, 0.2) is 41.4 Å². The van der Waals surface area contributed by atoms with Gasteiger partial charge in [0.1, 0.15) is 5.82 Å². The molecule has 2 N–H and O–H groups in total. The van der Waals surface area contributed by atoms with Crippen LogP contribution < -0.4 is 20.1 Å². The molecule has 0 aliphatic heterocycles. The summed E-state index contributed by atoms with van der Waals surface area (Å²) in [5, 5.41) is 6.85. The molecule has 0 radical (unpaired) electrons. The number of nitrogens with one attached hydrogen (secondary N) is 2. The van der Waals surface area contributed by atoms with Crippen molar-refractivity contribution < 1.29 is 13.9 Å². The van der Waals surface area contributed by atoms with E-state index in [4.69, 9.17) is 21.1 Å². The second-order valence-corrected chi connectivity index (χ2v) is 6.22. The van der Waals surface area contributed by atoms with Crippen molar-refractivity contribution in [1.82, 2.24) is 10.6 Å². The molecule has 0 saturated carbocycles. The largest absolute Gasteiger partial charge is 0.493 e.